The molecule has 0 atom stereocenters. The monoisotopic (exact) mass is 460 g/mol. The molecule has 1 fully saturated rings. The molecule has 1 heterocycles. The Morgan fingerprint density at radius 2 is 1.67 bits per heavy atom. The van der Waals surface area contributed by atoms with E-state index in [0.717, 1.165) is 16.7 Å². The van der Waals surface area contributed by atoms with Crippen molar-refractivity contribution < 1.29 is 19.6 Å². The second kappa shape index (κ2) is 9.45. The van der Waals surface area contributed by atoms with Gasteiger partial charge in [0.2, 0.25) is 0 Å². The first-order valence-electron chi connectivity index (χ1n) is 9.69. The molecule has 1 aliphatic heterocycles. The van der Waals surface area contributed by atoms with Gasteiger partial charge in [-0.1, -0.05) is 30.3 Å². The van der Waals surface area contributed by atoms with Gasteiger partial charge >= 0.3 is 0 Å². The number of nitrogens with zero attached hydrogens (tertiary/aromatic N) is 4. The lowest BCUT2D eigenvalue weighted by Gasteiger charge is -2.12. The van der Waals surface area contributed by atoms with E-state index in [1.807, 2.05) is 18.2 Å². The molecule has 1 N–H and O–H groups in total. The average molecular weight is 460 g/mol. The van der Waals surface area contributed by atoms with E-state index >= 15 is 0 Å². The number of phenolic OH excluding ortho intramolecular Hbond substituents is 1. The molecule has 4 rings (SSSR count). The number of nitro benzene ring substituents is 1. The largest absolute Gasteiger partial charge is 0.507 e. The molecule has 164 valence electrons. The average Bonchev–Trinajstić information content (AvgIpc) is 3.08. The number of benzene rings is 3. The van der Waals surface area contributed by atoms with Gasteiger partial charge < -0.3 is 5.11 Å². The number of phenols is 1. The Morgan fingerprint density at radius 3 is 2.36 bits per heavy atom. The van der Waals surface area contributed by atoms with Crippen LogP contribution in [0.15, 0.2) is 87.9 Å². The Balaban J connectivity index is 1.53. The van der Waals surface area contributed by atoms with Crippen LogP contribution in [0.25, 0.3) is 6.08 Å². The fourth-order valence-corrected chi connectivity index (χ4v) is 3.84. The number of rotatable bonds is 6. The zero-order valence-corrected chi connectivity index (χ0v) is 17.8. The first-order valence-corrected chi connectivity index (χ1v) is 10.5. The van der Waals surface area contributed by atoms with Gasteiger partial charge in [0.15, 0.2) is 0 Å². The van der Waals surface area contributed by atoms with Crippen molar-refractivity contribution in [2.45, 2.75) is 6.54 Å². The first kappa shape index (κ1) is 21.9. The van der Waals surface area contributed by atoms with Gasteiger partial charge in [0.05, 0.1) is 27.7 Å². The van der Waals surface area contributed by atoms with Gasteiger partial charge in [0.1, 0.15) is 5.75 Å². The molecule has 1 aliphatic rings. The lowest BCUT2D eigenvalue weighted by molar-refractivity contribution is -0.384. The molecular formula is C23H16N4O5S. The Hall–Kier alpha value is -4.31. The molecule has 2 amide bonds. The number of nitro groups is 1. The van der Waals surface area contributed by atoms with Crippen molar-refractivity contribution in [2.24, 2.45) is 10.2 Å². The van der Waals surface area contributed by atoms with Crippen LogP contribution in [0.4, 0.5) is 21.9 Å². The van der Waals surface area contributed by atoms with Crippen LogP contribution in [0.3, 0.4) is 0 Å². The van der Waals surface area contributed by atoms with Crippen molar-refractivity contribution in [3.8, 4) is 5.75 Å². The van der Waals surface area contributed by atoms with Crippen LogP contribution in [0.1, 0.15) is 11.1 Å². The number of azo groups is 1. The molecule has 0 saturated carbocycles. The summed E-state index contributed by atoms with van der Waals surface area (Å²) in [5.74, 6) is -0.588. The van der Waals surface area contributed by atoms with Crippen molar-refractivity contribution in [1.82, 2.24) is 4.90 Å². The molecular weight excluding hydrogens is 444 g/mol. The van der Waals surface area contributed by atoms with E-state index in [2.05, 4.69) is 10.2 Å². The number of hydrogen-bond acceptors (Lipinski definition) is 8. The van der Waals surface area contributed by atoms with Gasteiger partial charge in [-0.15, -0.1) is 0 Å². The van der Waals surface area contributed by atoms with E-state index in [9.17, 15) is 24.8 Å². The molecule has 0 aliphatic carbocycles. The summed E-state index contributed by atoms with van der Waals surface area (Å²) in [6.07, 6.45) is 1.43. The number of amides is 2. The highest BCUT2D eigenvalue weighted by Crippen LogP contribution is 2.36. The van der Waals surface area contributed by atoms with Gasteiger partial charge in [-0.05, 0) is 53.7 Å². The Kier molecular flexibility index (Phi) is 6.27. The third-order valence-corrected chi connectivity index (χ3v) is 5.60. The molecule has 10 heteroatoms. The smallest absolute Gasteiger partial charge is 0.293 e. The zero-order chi connectivity index (χ0) is 23.4. The van der Waals surface area contributed by atoms with E-state index in [0.29, 0.717) is 22.5 Å². The summed E-state index contributed by atoms with van der Waals surface area (Å²) in [6.45, 7) is -0.0166. The predicted octanol–water partition coefficient (Wildman–Crippen LogP) is 5.95. The number of aromatic hydroxyl groups is 1. The van der Waals surface area contributed by atoms with Gasteiger partial charge in [-0.25, -0.2) is 0 Å². The lowest BCUT2D eigenvalue weighted by atomic mass is 10.1. The van der Waals surface area contributed by atoms with Crippen LogP contribution in [0.2, 0.25) is 0 Å². The highest BCUT2D eigenvalue weighted by molar-refractivity contribution is 8.18. The van der Waals surface area contributed by atoms with E-state index in [1.165, 1.54) is 36.4 Å². The van der Waals surface area contributed by atoms with Gasteiger partial charge in [-0.2, -0.15) is 10.2 Å². The second-order valence-electron chi connectivity index (χ2n) is 6.97. The standard InChI is InChI=1S/C23H16N4O5S/c28-20-11-8-18(25-24-17-4-2-1-3-5-17)12-16(20)13-21-22(29)26(23(30)33-21)14-15-6-9-19(10-7-15)27(31)32/h1-13,28H,14H2/b21-13-,25-24?. The maximum atomic E-state index is 12.8. The topological polar surface area (TPSA) is 125 Å². The molecule has 0 bridgehead atoms. The van der Waals surface area contributed by atoms with Gasteiger partial charge in [0, 0.05) is 17.7 Å². The summed E-state index contributed by atoms with van der Waals surface area (Å²) >= 11 is 0.754. The number of hydrogen-bond donors (Lipinski definition) is 1. The van der Waals surface area contributed by atoms with Crippen LogP contribution < -0.4 is 0 Å². The lowest BCUT2D eigenvalue weighted by Crippen LogP contribution is -2.27. The van der Waals surface area contributed by atoms with Crippen LogP contribution in [-0.2, 0) is 11.3 Å². The molecule has 3 aromatic carbocycles. The number of non-ortho nitro benzene ring substituents is 1. The molecule has 9 nitrogen and oxygen atoms in total. The third-order valence-electron chi connectivity index (χ3n) is 4.70. The normalized spacial score (nSPS) is 15.0. The van der Waals surface area contributed by atoms with Gasteiger partial charge in [-0.3, -0.25) is 24.6 Å². The molecule has 33 heavy (non-hydrogen) atoms. The third kappa shape index (κ3) is 5.13. The van der Waals surface area contributed by atoms with E-state index in [4.69, 9.17) is 0 Å². The van der Waals surface area contributed by atoms with Gasteiger partial charge in [0.25, 0.3) is 16.8 Å². The Labute approximate surface area is 192 Å². The molecule has 0 unspecified atom stereocenters. The summed E-state index contributed by atoms with van der Waals surface area (Å²) < 4.78 is 0. The van der Waals surface area contributed by atoms with Crippen LogP contribution in [0.5, 0.6) is 5.75 Å². The molecule has 0 radical (unpaired) electrons. The summed E-state index contributed by atoms with van der Waals surface area (Å²) in [6, 6.07) is 19.3. The van der Waals surface area contributed by atoms with Crippen molar-refractivity contribution in [3.05, 3.63) is 98.9 Å². The quantitative estimate of drug-likeness (QED) is 0.210. The number of carbonyl (C=O) groups is 2. The predicted molar refractivity (Wildman–Crippen MR) is 123 cm³/mol. The highest BCUT2D eigenvalue weighted by atomic mass is 32.2. The molecule has 0 aromatic heterocycles. The minimum absolute atomic E-state index is 0.0166. The minimum Gasteiger partial charge on any atom is -0.507 e. The SMILES string of the molecule is O=C1S/C(=C\c2cc(N=Nc3ccccc3)ccc2O)C(=O)N1Cc1ccc([N+](=O)[O-])cc1. The van der Waals surface area contributed by atoms with Crippen LogP contribution in [0, 0.1) is 10.1 Å². The summed E-state index contributed by atoms with van der Waals surface area (Å²) in [7, 11) is 0. The van der Waals surface area contributed by atoms with Crippen molar-refractivity contribution in [1.29, 1.82) is 0 Å². The Morgan fingerprint density at radius 1 is 0.970 bits per heavy atom. The fourth-order valence-electron chi connectivity index (χ4n) is 3.01. The second-order valence-corrected chi connectivity index (χ2v) is 7.96. The van der Waals surface area contributed by atoms with Crippen molar-refractivity contribution in [3.63, 3.8) is 0 Å². The zero-order valence-electron chi connectivity index (χ0n) is 17.0. The fraction of sp³-hybridized carbons (Fsp3) is 0.0435. The summed E-state index contributed by atoms with van der Waals surface area (Å²) in [5, 5.41) is 28.8. The molecule has 3 aromatic rings. The number of thioether (sulfide) groups is 1. The van der Waals surface area contributed by atoms with E-state index in [-0.39, 0.29) is 22.9 Å². The van der Waals surface area contributed by atoms with Crippen molar-refractivity contribution >= 4 is 46.0 Å². The maximum absolute atomic E-state index is 12.8. The Bertz CT molecular complexity index is 1290. The van der Waals surface area contributed by atoms with Crippen LogP contribution in [-0.4, -0.2) is 26.1 Å². The maximum Gasteiger partial charge on any atom is 0.293 e. The highest BCUT2D eigenvalue weighted by Gasteiger charge is 2.35. The first-order chi connectivity index (χ1) is 15.9. The summed E-state index contributed by atoms with van der Waals surface area (Å²) in [4.78, 5) is 36.7. The van der Waals surface area contributed by atoms with Crippen LogP contribution >= 0.6 is 11.8 Å². The molecule has 0 spiro atoms. The minimum atomic E-state index is -0.521. The van der Waals surface area contributed by atoms with E-state index in [1.54, 1.807) is 24.3 Å². The summed E-state index contributed by atoms with van der Waals surface area (Å²) in [5.41, 5.74) is 1.95. The molecule has 1 saturated heterocycles. The number of carbonyl (C=O) groups excluding carboxylic acids is 2. The van der Waals surface area contributed by atoms with Crippen molar-refractivity contribution in [2.75, 3.05) is 0 Å². The number of imide groups is 1. The van der Waals surface area contributed by atoms with E-state index < -0.39 is 16.1 Å².